The summed E-state index contributed by atoms with van der Waals surface area (Å²) in [7, 11) is 1.66. The monoisotopic (exact) mass is 384 g/mol. The van der Waals surface area contributed by atoms with Crippen molar-refractivity contribution in [2.24, 2.45) is 0 Å². The zero-order valence-electron chi connectivity index (χ0n) is 17.2. The topological polar surface area (TPSA) is 45.2 Å². The Bertz CT molecular complexity index is 757. The summed E-state index contributed by atoms with van der Waals surface area (Å²) < 4.78 is 10.9. The molecule has 2 aromatic rings. The van der Waals surface area contributed by atoms with Gasteiger partial charge in [-0.25, -0.2) is 0 Å². The zero-order chi connectivity index (χ0) is 19.9. The maximum absolute atomic E-state index is 10.3. The molecule has 3 rings (SSSR count). The first kappa shape index (κ1) is 20.6. The van der Waals surface area contributed by atoms with Gasteiger partial charge in [-0.15, -0.1) is 0 Å². The normalized spacial score (nSPS) is 16.2. The molecule has 5 heteroatoms. The van der Waals surface area contributed by atoms with Crippen molar-refractivity contribution in [2.45, 2.75) is 26.6 Å². The second kappa shape index (κ2) is 9.92. The molecule has 1 heterocycles. The summed E-state index contributed by atoms with van der Waals surface area (Å²) in [6.45, 7) is 9.73. The highest BCUT2D eigenvalue weighted by atomic mass is 16.5. The summed E-state index contributed by atoms with van der Waals surface area (Å²) in [6.07, 6.45) is -0.474. The lowest BCUT2D eigenvalue weighted by Crippen LogP contribution is -2.49. The van der Waals surface area contributed by atoms with Crippen LogP contribution in [0.25, 0.3) is 0 Å². The van der Waals surface area contributed by atoms with Crippen LogP contribution in [0.1, 0.15) is 16.7 Å². The minimum atomic E-state index is -0.474. The first-order valence-electron chi connectivity index (χ1n) is 9.99. The molecule has 1 N–H and O–H groups in total. The van der Waals surface area contributed by atoms with E-state index in [0.717, 1.165) is 37.5 Å². The Morgan fingerprint density at radius 3 is 2.54 bits per heavy atom. The van der Waals surface area contributed by atoms with E-state index in [0.29, 0.717) is 19.8 Å². The third kappa shape index (κ3) is 5.47. The molecule has 0 radical (unpaired) electrons. The lowest BCUT2D eigenvalue weighted by atomic mass is 10.1. The average molecular weight is 385 g/mol. The van der Waals surface area contributed by atoms with E-state index in [1.165, 1.54) is 16.8 Å². The lowest BCUT2D eigenvalue weighted by molar-refractivity contribution is 0.00910. The summed E-state index contributed by atoms with van der Waals surface area (Å²) in [5.74, 6) is 0.823. The van der Waals surface area contributed by atoms with Crippen LogP contribution < -0.4 is 9.64 Å². The van der Waals surface area contributed by atoms with Crippen molar-refractivity contribution >= 4 is 5.69 Å². The second-order valence-electron chi connectivity index (χ2n) is 7.53. The summed E-state index contributed by atoms with van der Waals surface area (Å²) in [5.41, 5.74) is 5.08. The molecule has 0 bridgehead atoms. The Morgan fingerprint density at radius 2 is 1.79 bits per heavy atom. The van der Waals surface area contributed by atoms with E-state index in [1.54, 1.807) is 7.11 Å². The molecule has 1 aliphatic rings. The van der Waals surface area contributed by atoms with Crippen LogP contribution in [0.5, 0.6) is 5.75 Å². The Labute approximate surface area is 168 Å². The predicted octanol–water partition coefficient (Wildman–Crippen LogP) is 3.01. The van der Waals surface area contributed by atoms with Gasteiger partial charge >= 0.3 is 0 Å². The van der Waals surface area contributed by atoms with Crippen LogP contribution in [-0.2, 0) is 11.3 Å². The fourth-order valence-corrected chi connectivity index (χ4v) is 3.68. The number of anilines is 1. The molecule has 1 unspecified atom stereocenters. The molecular weight excluding hydrogens is 352 g/mol. The molecule has 0 aliphatic carbocycles. The first-order valence-corrected chi connectivity index (χ1v) is 9.99. The van der Waals surface area contributed by atoms with Crippen LogP contribution in [0.15, 0.2) is 42.5 Å². The number of rotatable bonds is 8. The van der Waals surface area contributed by atoms with Crippen LogP contribution in [-0.4, -0.2) is 62.6 Å². The van der Waals surface area contributed by atoms with E-state index in [-0.39, 0.29) is 0 Å². The third-order valence-corrected chi connectivity index (χ3v) is 5.47. The number of hydrogen-bond donors (Lipinski definition) is 1. The van der Waals surface area contributed by atoms with Gasteiger partial charge in [0, 0.05) is 38.4 Å². The number of aliphatic hydroxyl groups is 1. The number of aliphatic hydroxyl groups excluding tert-OH is 1. The van der Waals surface area contributed by atoms with E-state index in [2.05, 4.69) is 41.8 Å². The standard InChI is InChI=1S/C23H32N2O3/c1-18-6-4-9-23(19(18)2)25-12-10-24(11-13-25)15-21(26)17-28-16-20-7-5-8-22(14-20)27-3/h4-9,14,21,26H,10-13,15-17H2,1-3H3. The SMILES string of the molecule is COc1cccc(COCC(O)CN2CCN(c3cccc(C)c3C)CC2)c1. The first-order chi connectivity index (χ1) is 13.6. The van der Waals surface area contributed by atoms with E-state index in [1.807, 2.05) is 24.3 Å². The number of methoxy groups -OCH3 is 1. The van der Waals surface area contributed by atoms with Gasteiger partial charge in [-0.05, 0) is 48.7 Å². The minimum Gasteiger partial charge on any atom is -0.497 e. The Morgan fingerprint density at radius 1 is 1.04 bits per heavy atom. The number of piperazine rings is 1. The van der Waals surface area contributed by atoms with Crippen molar-refractivity contribution < 1.29 is 14.6 Å². The summed E-state index contributed by atoms with van der Waals surface area (Å²) in [6, 6.07) is 14.3. The van der Waals surface area contributed by atoms with Crippen LogP contribution in [0.4, 0.5) is 5.69 Å². The van der Waals surface area contributed by atoms with Crippen LogP contribution in [0.2, 0.25) is 0 Å². The number of aryl methyl sites for hydroxylation is 1. The molecule has 5 nitrogen and oxygen atoms in total. The number of nitrogens with zero attached hydrogens (tertiary/aromatic N) is 2. The molecule has 1 fully saturated rings. The van der Waals surface area contributed by atoms with Gasteiger partial charge in [-0.3, -0.25) is 4.90 Å². The molecule has 1 saturated heterocycles. The van der Waals surface area contributed by atoms with Gasteiger partial charge in [-0.1, -0.05) is 24.3 Å². The Kier molecular flexibility index (Phi) is 7.31. The predicted molar refractivity (Wildman–Crippen MR) is 113 cm³/mol. The number of hydrogen-bond acceptors (Lipinski definition) is 5. The van der Waals surface area contributed by atoms with E-state index < -0.39 is 6.10 Å². The highest BCUT2D eigenvalue weighted by Gasteiger charge is 2.20. The molecule has 2 aromatic carbocycles. The Balaban J connectivity index is 1.40. The highest BCUT2D eigenvalue weighted by molar-refractivity contribution is 5.56. The average Bonchev–Trinajstić information content (AvgIpc) is 2.71. The molecular formula is C23H32N2O3. The van der Waals surface area contributed by atoms with Crippen molar-refractivity contribution in [1.29, 1.82) is 0 Å². The van der Waals surface area contributed by atoms with Gasteiger partial charge in [0.25, 0.3) is 0 Å². The van der Waals surface area contributed by atoms with Crippen LogP contribution in [0.3, 0.4) is 0 Å². The number of β-amino-alcohol motifs (C(OH)–C–C–N with tert-alkyl or cyclic N) is 1. The van der Waals surface area contributed by atoms with Crippen molar-refractivity contribution in [2.75, 3.05) is 51.3 Å². The quantitative estimate of drug-likeness (QED) is 0.758. The van der Waals surface area contributed by atoms with E-state index in [9.17, 15) is 5.11 Å². The second-order valence-corrected chi connectivity index (χ2v) is 7.53. The smallest absolute Gasteiger partial charge is 0.119 e. The molecule has 1 aliphatic heterocycles. The maximum Gasteiger partial charge on any atom is 0.119 e. The Hall–Kier alpha value is -2.08. The van der Waals surface area contributed by atoms with Gasteiger partial charge in [0.05, 0.1) is 26.4 Å². The van der Waals surface area contributed by atoms with Gasteiger partial charge in [0.15, 0.2) is 0 Å². The zero-order valence-corrected chi connectivity index (χ0v) is 17.2. The number of ether oxygens (including phenoxy) is 2. The summed E-state index contributed by atoms with van der Waals surface area (Å²) in [4.78, 5) is 4.77. The third-order valence-electron chi connectivity index (χ3n) is 5.47. The molecule has 0 amide bonds. The molecule has 152 valence electrons. The van der Waals surface area contributed by atoms with Crippen molar-refractivity contribution in [3.05, 3.63) is 59.2 Å². The molecule has 1 atom stereocenters. The molecule has 0 aromatic heterocycles. The van der Waals surface area contributed by atoms with Gasteiger partial charge < -0.3 is 19.5 Å². The van der Waals surface area contributed by atoms with Gasteiger partial charge in [0.2, 0.25) is 0 Å². The fraction of sp³-hybridized carbons (Fsp3) is 0.478. The molecule has 28 heavy (non-hydrogen) atoms. The highest BCUT2D eigenvalue weighted by Crippen LogP contribution is 2.23. The number of benzene rings is 2. The fourth-order valence-electron chi connectivity index (χ4n) is 3.68. The molecule has 0 spiro atoms. The maximum atomic E-state index is 10.3. The van der Waals surface area contributed by atoms with Crippen LogP contribution in [0, 0.1) is 13.8 Å². The minimum absolute atomic E-state index is 0.342. The van der Waals surface area contributed by atoms with E-state index >= 15 is 0 Å². The molecule has 0 saturated carbocycles. The summed E-state index contributed by atoms with van der Waals surface area (Å²) >= 11 is 0. The largest absolute Gasteiger partial charge is 0.497 e. The van der Waals surface area contributed by atoms with Gasteiger partial charge in [-0.2, -0.15) is 0 Å². The van der Waals surface area contributed by atoms with Crippen molar-refractivity contribution in [1.82, 2.24) is 4.90 Å². The summed E-state index contributed by atoms with van der Waals surface area (Å²) in [5, 5.41) is 10.3. The lowest BCUT2D eigenvalue weighted by Gasteiger charge is -2.37. The van der Waals surface area contributed by atoms with Gasteiger partial charge in [0.1, 0.15) is 5.75 Å². The van der Waals surface area contributed by atoms with E-state index in [4.69, 9.17) is 9.47 Å². The van der Waals surface area contributed by atoms with Crippen LogP contribution >= 0.6 is 0 Å². The van der Waals surface area contributed by atoms with Crippen molar-refractivity contribution in [3.63, 3.8) is 0 Å². The van der Waals surface area contributed by atoms with Crippen molar-refractivity contribution in [3.8, 4) is 5.75 Å².